The number of rotatable bonds is 17. The van der Waals surface area contributed by atoms with Gasteiger partial charge in [0.2, 0.25) is 0 Å². The third kappa shape index (κ3) is 10.2. The molecule has 2 rings (SSSR count). The number of ether oxygens (including phenoxy) is 1. The quantitative estimate of drug-likeness (QED) is 0.0966. The van der Waals surface area contributed by atoms with E-state index in [0.717, 1.165) is 17.3 Å². The van der Waals surface area contributed by atoms with E-state index in [0.29, 0.717) is 17.9 Å². The topological polar surface area (TPSA) is 50.1 Å². The molecule has 1 aromatic carbocycles. The zero-order valence-electron chi connectivity index (χ0n) is 26.1. The fourth-order valence-electron chi connectivity index (χ4n) is 7.05. The first-order valence-electron chi connectivity index (χ1n) is 16.0. The average molecular weight is 643 g/mol. The Morgan fingerprint density at radius 1 is 1.05 bits per heavy atom. The van der Waals surface area contributed by atoms with Gasteiger partial charge in [-0.15, -0.1) is 0 Å². The molecule has 0 saturated heterocycles. The summed E-state index contributed by atoms with van der Waals surface area (Å²) in [6.07, 6.45) is 11.0. The molecular weight excluding hydrogens is 585 g/mol. The first-order valence-corrected chi connectivity index (χ1v) is 24.0. The molecule has 0 heterocycles. The number of unbranched alkanes of at least 4 members (excludes halogenated alkanes) is 3. The van der Waals surface area contributed by atoms with Gasteiger partial charge in [0.25, 0.3) is 0 Å². The van der Waals surface area contributed by atoms with Gasteiger partial charge in [-0.05, 0) is 0 Å². The van der Waals surface area contributed by atoms with Crippen LogP contribution in [0.4, 0.5) is 0 Å². The van der Waals surface area contributed by atoms with E-state index < -0.39 is 18.4 Å². The summed E-state index contributed by atoms with van der Waals surface area (Å²) in [4.78, 5) is 14.1. The second-order valence-corrected chi connectivity index (χ2v) is 27.2. The van der Waals surface area contributed by atoms with Crippen LogP contribution in [0.2, 0.25) is 17.7 Å². The van der Waals surface area contributed by atoms with E-state index in [1.54, 1.807) is 0 Å². The maximum absolute atomic E-state index is 14.1. The standard InChI is InChI=1S/C23H30NO2.3C4H9.Sn/c1-16-11-12-20(23(4,5)19-9-7-6-8-10-19)21(14-16)26-22(25)18(3)13-17(2)15-24;3*1-3-4-2;/h6-10,16,18,20-21H,2-3,11-14H2,1,4-5H3;3*1,3-4H2,2H3;/t16-,18+,20-,21-;;;;/m1..../s1. The van der Waals surface area contributed by atoms with Gasteiger partial charge in [0.05, 0.1) is 0 Å². The molecule has 0 N–H and O–H groups in total. The van der Waals surface area contributed by atoms with Crippen LogP contribution in [0.3, 0.4) is 0 Å². The number of nitriles is 1. The van der Waals surface area contributed by atoms with Gasteiger partial charge in [0, 0.05) is 0 Å². The van der Waals surface area contributed by atoms with E-state index in [1.165, 1.54) is 63.8 Å². The Balaban J connectivity index is 2.36. The van der Waals surface area contributed by atoms with Crippen LogP contribution in [0.5, 0.6) is 0 Å². The number of allylic oxidation sites excluding steroid dienone is 1. The van der Waals surface area contributed by atoms with Crippen LogP contribution in [0.15, 0.2) is 42.5 Å². The minimum atomic E-state index is -2.64. The van der Waals surface area contributed by atoms with Crippen molar-refractivity contribution in [3.8, 4) is 6.07 Å². The van der Waals surface area contributed by atoms with Crippen LogP contribution in [0.1, 0.15) is 111 Å². The molecular formula is C35H57NO2Sn. The Morgan fingerprint density at radius 3 is 2.13 bits per heavy atom. The molecule has 1 fully saturated rings. The molecule has 3 nitrogen and oxygen atoms in total. The fourth-order valence-corrected chi connectivity index (χ4v) is 24.3. The molecule has 1 aromatic rings. The van der Waals surface area contributed by atoms with Crippen LogP contribution in [-0.4, -0.2) is 30.5 Å². The van der Waals surface area contributed by atoms with Crippen LogP contribution in [0, 0.1) is 29.1 Å². The number of hydrogen-bond acceptors (Lipinski definition) is 3. The molecule has 0 amide bonds. The van der Waals surface area contributed by atoms with Crippen molar-refractivity contribution in [2.24, 2.45) is 17.8 Å². The Labute approximate surface area is 245 Å². The van der Waals surface area contributed by atoms with Gasteiger partial charge in [-0.3, -0.25) is 0 Å². The predicted molar refractivity (Wildman–Crippen MR) is 168 cm³/mol. The number of carbonyl (C=O) groups is 1. The van der Waals surface area contributed by atoms with Crippen molar-refractivity contribution >= 4 is 24.3 Å². The normalized spacial score (nSPS) is 20.7. The molecule has 0 radical (unpaired) electrons. The van der Waals surface area contributed by atoms with Crippen LogP contribution >= 0.6 is 0 Å². The third-order valence-electron chi connectivity index (χ3n) is 9.61. The van der Waals surface area contributed by atoms with E-state index in [1.807, 2.05) is 0 Å². The van der Waals surface area contributed by atoms with Crippen LogP contribution in [-0.2, 0) is 14.9 Å². The summed E-state index contributed by atoms with van der Waals surface area (Å²) in [5.74, 6) is 0.574. The van der Waals surface area contributed by atoms with Gasteiger partial charge in [0.15, 0.2) is 0 Å². The molecule has 4 atom stereocenters. The van der Waals surface area contributed by atoms with E-state index in [-0.39, 0.29) is 29.3 Å². The summed E-state index contributed by atoms with van der Waals surface area (Å²) in [6, 6.07) is 13.0. The monoisotopic (exact) mass is 643 g/mol. The maximum atomic E-state index is 14.1. The number of esters is 1. The summed E-state index contributed by atoms with van der Waals surface area (Å²) >= 11 is -2.64. The molecule has 1 aliphatic rings. The van der Waals surface area contributed by atoms with Gasteiger partial charge in [-0.2, -0.15) is 0 Å². The van der Waals surface area contributed by atoms with Crippen molar-refractivity contribution in [1.82, 2.24) is 0 Å². The van der Waals surface area contributed by atoms with E-state index >= 15 is 0 Å². The van der Waals surface area contributed by atoms with Crippen LogP contribution < -0.4 is 0 Å². The predicted octanol–water partition coefficient (Wildman–Crippen LogP) is 10.2. The first-order chi connectivity index (χ1) is 18.6. The summed E-state index contributed by atoms with van der Waals surface area (Å²) in [5, 5.41) is 9.63. The Kier molecular flexibility index (Phi) is 14.7. The molecule has 0 unspecified atom stereocenters. The molecule has 1 aliphatic carbocycles. The Morgan fingerprint density at radius 2 is 1.62 bits per heavy atom. The van der Waals surface area contributed by atoms with Crippen molar-refractivity contribution in [2.45, 2.75) is 135 Å². The van der Waals surface area contributed by atoms with Gasteiger partial charge >= 0.3 is 246 Å². The number of hydrogen-bond donors (Lipinski definition) is 0. The summed E-state index contributed by atoms with van der Waals surface area (Å²) < 4.78 is 11.7. The van der Waals surface area contributed by atoms with Crippen molar-refractivity contribution in [1.29, 1.82) is 5.26 Å². The second kappa shape index (κ2) is 16.9. The Bertz CT molecular complexity index is 897. The van der Waals surface area contributed by atoms with Gasteiger partial charge in [-0.1, -0.05) is 0 Å². The molecule has 0 aliphatic heterocycles. The van der Waals surface area contributed by atoms with E-state index in [9.17, 15) is 10.1 Å². The van der Waals surface area contributed by atoms with E-state index in [4.69, 9.17) is 4.74 Å². The number of nitrogens with zero attached hydrogens (tertiary/aromatic N) is 1. The van der Waals surface area contributed by atoms with Crippen molar-refractivity contribution in [3.63, 3.8) is 0 Å². The number of carbonyl (C=O) groups excluding carboxylic acids is 1. The SMILES string of the molecule is C=C(C#N)C[C@H]([CH2][Sn]([CH2]CCC)([CH2]CCC)[CH2]CCC)C(=O)O[C@@H]1C[C@H](C)CC[C@H]1C(C)(C)c1ccccc1. The average Bonchev–Trinajstić information content (AvgIpc) is 2.93. The fraction of sp³-hybridized carbons (Fsp3) is 0.714. The molecule has 1 saturated carbocycles. The van der Waals surface area contributed by atoms with Crippen molar-refractivity contribution in [3.05, 3.63) is 48.0 Å². The molecule has 0 spiro atoms. The van der Waals surface area contributed by atoms with Gasteiger partial charge in [-0.25, -0.2) is 0 Å². The summed E-state index contributed by atoms with van der Waals surface area (Å²) in [6.45, 7) is 17.8. The van der Waals surface area contributed by atoms with Gasteiger partial charge in [0.1, 0.15) is 0 Å². The van der Waals surface area contributed by atoms with E-state index in [2.05, 4.69) is 84.5 Å². The second-order valence-electron chi connectivity index (χ2n) is 13.2. The minimum absolute atomic E-state index is 0.0510. The third-order valence-corrected chi connectivity index (χ3v) is 25.6. The molecule has 0 aromatic heterocycles. The number of benzene rings is 1. The molecule has 0 bridgehead atoms. The van der Waals surface area contributed by atoms with Crippen LogP contribution in [0.25, 0.3) is 0 Å². The molecule has 4 heteroatoms. The Hall–Kier alpha value is -1.28. The summed E-state index contributed by atoms with van der Waals surface area (Å²) in [5.41, 5.74) is 1.76. The molecule has 39 heavy (non-hydrogen) atoms. The zero-order valence-corrected chi connectivity index (χ0v) is 28.9. The molecule has 218 valence electrons. The summed E-state index contributed by atoms with van der Waals surface area (Å²) in [7, 11) is 0. The first kappa shape index (κ1) is 33.9. The van der Waals surface area contributed by atoms with Gasteiger partial charge < -0.3 is 0 Å². The zero-order chi connectivity index (χ0) is 28.9. The van der Waals surface area contributed by atoms with Crippen molar-refractivity contribution < 1.29 is 9.53 Å². The van der Waals surface area contributed by atoms with Crippen molar-refractivity contribution in [2.75, 3.05) is 0 Å².